The van der Waals surface area contributed by atoms with Crippen LogP contribution in [0.15, 0.2) is 36.5 Å². The fourth-order valence-corrected chi connectivity index (χ4v) is 2.16. The van der Waals surface area contributed by atoms with Crippen LogP contribution < -0.4 is 10.2 Å². The van der Waals surface area contributed by atoms with E-state index in [2.05, 4.69) is 10.3 Å². The van der Waals surface area contributed by atoms with Gasteiger partial charge in [0, 0.05) is 19.8 Å². The van der Waals surface area contributed by atoms with E-state index in [1.54, 1.807) is 38.2 Å². The Morgan fingerprint density at radius 1 is 1.43 bits per heavy atom. The lowest BCUT2D eigenvalue weighted by atomic mass is 10.2. The van der Waals surface area contributed by atoms with Gasteiger partial charge in [0.05, 0.1) is 16.3 Å². The van der Waals surface area contributed by atoms with E-state index in [9.17, 15) is 9.18 Å². The van der Waals surface area contributed by atoms with Crippen molar-refractivity contribution < 1.29 is 9.18 Å². The van der Waals surface area contributed by atoms with E-state index in [0.29, 0.717) is 12.4 Å². The Kier molecular flexibility index (Phi) is 4.75. The molecule has 0 unspecified atom stereocenters. The van der Waals surface area contributed by atoms with Crippen LogP contribution in [-0.2, 0) is 0 Å². The summed E-state index contributed by atoms with van der Waals surface area (Å²) in [6.45, 7) is 2.10. The number of anilines is 2. The van der Waals surface area contributed by atoms with Crippen molar-refractivity contribution in [3.05, 3.63) is 52.9 Å². The number of aromatic nitrogens is 1. The molecule has 0 aliphatic carbocycles. The fourth-order valence-electron chi connectivity index (χ4n) is 1.98. The largest absolute Gasteiger partial charge is 0.373 e. The maximum absolute atomic E-state index is 13.9. The number of carbonyl (C=O) groups is 1. The normalized spacial score (nSPS) is 10.3. The molecule has 4 nitrogen and oxygen atoms in total. The van der Waals surface area contributed by atoms with Crippen molar-refractivity contribution >= 4 is 29.0 Å². The van der Waals surface area contributed by atoms with Crippen LogP contribution in [0.4, 0.5) is 15.9 Å². The summed E-state index contributed by atoms with van der Waals surface area (Å²) >= 11 is 6.04. The zero-order chi connectivity index (χ0) is 15.4. The summed E-state index contributed by atoms with van der Waals surface area (Å²) in [5, 5.41) is 3.07. The molecule has 0 aliphatic heterocycles. The van der Waals surface area contributed by atoms with Crippen molar-refractivity contribution in [2.45, 2.75) is 6.92 Å². The minimum Gasteiger partial charge on any atom is -0.373 e. The van der Waals surface area contributed by atoms with Gasteiger partial charge in [-0.15, -0.1) is 0 Å². The molecule has 2 rings (SSSR count). The molecule has 2 aromatic rings. The van der Waals surface area contributed by atoms with E-state index in [1.807, 2.05) is 0 Å². The smallest absolute Gasteiger partial charge is 0.260 e. The molecular weight excluding hydrogens is 293 g/mol. The number of carbonyl (C=O) groups excluding carboxylic acids is 1. The topological polar surface area (TPSA) is 45.2 Å². The highest BCUT2D eigenvalue weighted by atomic mass is 35.5. The minimum atomic E-state index is -0.452. The van der Waals surface area contributed by atoms with Crippen LogP contribution in [0.3, 0.4) is 0 Å². The number of nitrogens with one attached hydrogen (secondary N) is 1. The van der Waals surface area contributed by atoms with E-state index < -0.39 is 5.82 Å². The van der Waals surface area contributed by atoms with Gasteiger partial charge in [0.2, 0.25) is 0 Å². The number of rotatable bonds is 4. The van der Waals surface area contributed by atoms with E-state index in [4.69, 9.17) is 11.6 Å². The van der Waals surface area contributed by atoms with Gasteiger partial charge in [-0.2, -0.15) is 0 Å². The highest BCUT2D eigenvalue weighted by molar-refractivity contribution is 6.34. The molecule has 1 aromatic heterocycles. The van der Waals surface area contributed by atoms with Crippen molar-refractivity contribution in [1.29, 1.82) is 0 Å². The summed E-state index contributed by atoms with van der Waals surface area (Å²) in [6.07, 6.45) is 1.40. The molecule has 0 atom stereocenters. The summed E-state index contributed by atoms with van der Waals surface area (Å²) in [5.41, 5.74) is 0.505. The molecule has 21 heavy (non-hydrogen) atoms. The molecular formula is C15H15ClFN3O. The Morgan fingerprint density at radius 2 is 2.14 bits per heavy atom. The molecule has 6 heteroatoms. The third kappa shape index (κ3) is 3.13. The van der Waals surface area contributed by atoms with Crippen molar-refractivity contribution in [2.24, 2.45) is 0 Å². The number of amides is 1. The van der Waals surface area contributed by atoms with Gasteiger partial charge >= 0.3 is 0 Å². The zero-order valence-electron chi connectivity index (χ0n) is 11.7. The van der Waals surface area contributed by atoms with E-state index in [-0.39, 0.29) is 22.2 Å². The number of hydrogen-bond donors (Lipinski definition) is 1. The number of benzene rings is 1. The quantitative estimate of drug-likeness (QED) is 0.939. The Balaban J connectivity index is 2.44. The second-order valence-electron chi connectivity index (χ2n) is 4.30. The maximum Gasteiger partial charge on any atom is 0.260 e. The van der Waals surface area contributed by atoms with Crippen LogP contribution >= 0.6 is 11.6 Å². The molecule has 110 valence electrons. The summed E-state index contributed by atoms with van der Waals surface area (Å²) in [6, 6.07) is 7.69. The van der Waals surface area contributed by atoms with Crippen molar-refractivity contribution in [1.82, 2.24) is 4.98 Å². The first-order chi connectivity index (χ1) is 10.1. The van der Waals surface area contributed by atoms with Crippen molar-refractivity contribution in [3.63, 3.8) is 0 Å². The van der Waals surface area contributed by atoms with Gasteiger partial charge in [0.25, 0.3) is 5.91 Å². The Labute approximate surface area is 127 Å². The SMILES string of the molecule is CCN(C(=O)c1cc(NC)ncc1Cl)c1ccccc1F. The summed E-state index contributed by atoms with van der Waals surface area (Å²) in [5.74, 6) is -0.300. The van der Waals surface area contributed by atoms with Crippen LogP contribution in [0.1, 0.15) is 17.3 Å². The molecule has 0 saturated heterocycles. The molecule has 1 heterocycles. The van der Waals surface area contributed by atoms with Crippen LogP contribution in [0.2, 0.25) is 5.02 Å². The highest BCUT2D eigenvalue weighted by Crippen LogP contribution is 2.24. The molecule has 1 aromatic carbocycles. The van der Waals surface area contributed by atoms with Gasteiger partial charge in [-0.1, -0.05) is 23.7 Å². The average molecular weight is 308 g/mol. The van der Waals surface area contributed by atoms with Crippen LogP contribution in [0.25, 0.3) is 0 Å². The van der Waals surface area contributed by atoms with Crippen LogP contribution in [0.5, 0.6) is 0 Å². The van der Waals surface area contributed by atoms with Crippen molar-refractivity contribution in [3.8, 4) is 0 Å². The number of hydrogen-bond acceptors (Lipinski definition) is 3. The maximum atomic E-state index is 13.9. The average Bonchev–Trinajstić information content (AvgIpc) is 2.50. The first kappa shape index (κ1) is 15.3. The van der Waals surface area contributed by atoms with Gasteiger partial charge in [-0.05, 0) is 25.1 Å². The second kappa shape index (κ2) is 6.54. The predicted molar refractivity (Wildman–Crippen MR) is 82.5 cm³/mol. The molecule has 1 amide bonds. The lowest BCUT2D eigenvalue weighted by Gasteiger charge is -2.22. The van der Waals surface area contributed by atoms with E-state index in [0.717, 1.165) is 0 Å². The van der Waals surface area contributed by atoms with Gasteiger partial charge in [0.15, 0.2) is 0 Å². The third-order valence-electron chi connectivity index (χ3n) is 3.05. The lowest BCUT2D eigenvalue weighted by Crippen LogP contribution is -2.31. The number of pyridine rings is 1. The van der Waals surface area contributed by atoms with Crippen LogP contribution in [-0.4, -0.2) is 24.5 Å². The summed E-state index contributed by atoms with van der Waals surface area (Å²) < 4.78 is 13.9. The number of halogens is 2. The Morgan fingerprint density at radius 3 is 2.76 bits per heavy atom. The van der Waals surface area contributed by atoms with Gasteiger partial charge < -0.3 is 10.2 Å². The molecule has 0 fully saturated rings. The van der Waals surface area contributed by atoms with Crippen molar-refractivity contribution in [2.75, 3.05) is 23.8 Å². The molecule has 0 spiro atoms. The molecule has 1 N–H and O–H groups in total. The number of para-hydroxylation sites is 1. The molecule has 0 saturated carbocycles. The summed E-state index contributed by atoms with van der Waals surface area (Å²) in [7, 11) is 1.69. The first-order valence-electron chi connectivity index (χ1n) is 6.48. The molecule has 0 radical (unpaired) electrons. The second-order valence-corrected chi connectivity index (χ2v) is 4.71. The minimum absolute atomic E-state index is 0.226. The van der Waals surface area contributed by atoms with E-state index in [1.165, 1.54) is 17.2 Å². The zero-order valence-corrected chi connectivity index (χ0v) is 12.5. The van der Waals surface area contributed by atoms with Gasteiger partial charge in [-0.25, -0.2) is 9.37 Å². The highest BCUT2D eigenvalue weighted by Gasteiger charge is 2.21. The third-order valence-corrected chi connectivity index (χ3v) is 3.35. The number of nitrogens with zero attached hydrogens (tertiary/aromatic N) is 2. The van der Waals surface area contributed by atoms with E-state index >= 15 is 0 Å². The monoisotopic (exact) mass is 307 g/mol. The summed E-state index contributed by atoms with van der Waals surface area (Å²) in [4.78, 5) is 18.0. The Bertz CT molecular complexity index is 663. The van der Waals surface area contributed by atoms with Gasteiger partial charge in [0.1, 0.15) is 11.6 Å². The van der Waals surface area contributed by atoms with Crippen LogP contribution in [0, 0.1) is 5.82 Å². The fraction of sp³-hybridized carbons (Fsp3) is 0.200. The van der Waals surface area contributed by atoms with Gasteiger partial charge in [-0.3, -0.25) is 4.79 Å². The first-order valence-corrected chi connectivity index (χ1v) is 6.86. The standard InChI is InChI=1S/C15H15ClFN3O/c1-3-20(13-7-5-4-6-12(13)17)15(21)10-8-14(18-2)19-9-11(10)16/h4-9H,3H2,1-2H3,(H,18,19). The Hall–Kier alpha value is -2.14. The molecule has 0 bridgehead atoms. The lowest BCUT2D eigenvalue weighted by molar-refractivity contribution is 0.0987. The molecule has 0 aliphatic rings. The predicted octanol–water partition coefficient (Wildman–Crippen LogP) is 3.58.